The van der Waals surface area contributed by atoms with Crippen LogP contribution in [-0.2, 0) is 4.74 Å². The molecule has 0 saturated carbocycles. The molecule has 21 heavy (non-hydrogen) atoms. The number of rotatable bonds is 4. The van der Waals surface area contributed by atoms with Crippen LogP contribution in [0.4, 0.5) is 11.8 Å². The van der Waals surface area contributed by atoms with Gasteiger partial charge in [0.05, 0.1) is 36.9 Å². The number of morpholine rings is 1. The van der Waals surface area contributed by atoms with Crippen LogP contribution in [0.5, 0.6) is 0 Å². The van der Waals surface area contributed by atoms with Crippen LogP contribution in [0.25, 0.3) is 11.0 Å². The van der Waals surface area contributed by atoms with Crippen LogP contribution >= 0.6 is 0 Å². The fraction of sp³-hybridized carbons (Fsp3) is 0.615. The van der Waals surface area contributed by atoms with Crippen LogP contribution in [0, 0.1) is 0 Å². The first-order valence-corrected chi connectivity index (χ1v) is 7.17. The number of aromatic amines is 1. The van der Waals surface area contributed by atoms with Gasteiger partial charge in [0.25, 0.3) is 0 Å². The molecule has 2 aromatic rings. The van der Waals surface area contributed by atoms with Crippen LogP contribution in [0.2, 0.25) is 0 Å². The van der Waals surface area contributed by atoms with Gasteiger partial charge in [-0.2, -0.15) is 15.1 Å². The topological polar surface area (TPSA) is 99.2 Å². The Morgan fingerprint density at radius 1 is 1.52 bits per heavy atom. The Morgan fingerprint density at radius 2 is 2.38 bits per heavy atom. The Balaban J connectivity index is 2.02. The third-order valence-electron chi connectivity index (χ3n) is 3.61. The van der Waals surface area contributed by atoms with Gasteiger partial charge in [0.2, 0.25) is 5.95 Å². The summed E-state index contributed by atoms with van der Waals surface area (Å²) in [6.07, 6.45) is 1.54. The molecule has 0 amide bonds. The summed E-state index contributed by atoms with van der Waals surface area (Å²) < 4.78 is 5.59. The van der Waals surface area contributed by atoms with E-state index in [4.69, 9.17) is 4.74 Å². The number of aromatic nitrogens is 4. The van der Waals surface area contributed by atoms with Crippen LogP contribution in [0.3, 0.4) is 0 Å². The lowest BCUT2D eigenvalue weighted by atomic mass is 10.2. The lowest BCUT2D eigenvalue weighted by Gasteiger charge is -2.38. The van der Waals surface area contributed by atoms with Crippen LogP contribution in [0.15, 0.2) is 6.20 Å². The maximum atomic E-state index is 9.34. The zero-order valence-corrected chi connectivity index (χ0v) is 12.2. The lowest BCUT2D eigenvalue weighted by Crippen LogP contribution is -2.50. The molecule has 3 heterocycles. The Hall–Kier alpha value is -1.93. The minimum absolute atomic E-state index is 0.00288. The molecule has 8 heteroatoms. The third kappa shape index (κ3) is 2.64. The van der Waals surface area contributed by atoms with Gasteiger partial charge in [-0.05, 0) is 13.8 Å². The molecule has 2 aromatic heterocycles. The second-order valence-electron chi connectivity index (χ2n) is 5.17. The Labute approximate surface area is 122 Å². The number of nitrogens with one attached hydrogen (secondary N) is 2. The molecular formula is C13H20N6O2. The molecule has 3 N–H and O–H groups in total. The molecule has 0 aliphatic carbocycles. The van der Waals surface area contributed by atoms with Crippen molar-refractivity contribution in [2.75, 3.05) is 36.5 Å². The van der Waals surface area contributed by atoms with Crippen molar-refractivity contribution in [3.05, 3.63) is 6.20 Å². The number of hydrogen-bond donors (Lipinski definition) is 3. The average Bonchev–Trinajstić information content (AvgIpc) is 2.96. The van der Waals surface area contributed by atoms with Gasteiger partial charge < -0.3 is 20.1 Å². The van der Waals surface area contributed by atoms with E-state index in [9.17, 15) is 5.11 Å². The highest BCUT2D eigenvalue weighted by molar-refractivity contribution is 5.87. The van der Waals surface area contributed by atoms with Crippen molar-refractivity contribution >= 4 is 22.8 Å². The van der Waals surface area contributed by atoms with Crippen LogP contribution in [0.1, 0.15) is 13.8 Å². The number of H-pyrrole nitrogens is 1. The van der Waals surface area contributed by atoms with Gasteiger partial charge in [-0.1, -0.05) is 0 Å². The number of aliphatic hydroxyl groups is 1. The fourth-order valence-corrected chi connectivity index (χ4v) is 2.50. The van der Waals surface area contributed by atoms with Crippen molar-refractivity contribution in [2.24, 2.45) is 0 Å². The maximum Gasteiger partial charge on any atom is 0.226 e. The van der Waals surface area contributed by atoms with Gasteiger partial charge in [0.15, 0.2) is 5.65 Å². The first kappa shape index (κ1) is 14.0. The van der Waals surface area contributed by atoms with Crippen molar-refractivity contribution < 1.29 is 9.84 Å². The van der Waals surface area contributed by atoms with E-state index in [-0.39, 0.29) is 18.8 Å². The molecule has 1 fully saturated rings. The van der Waals surface area contributed by atoms with Crippen molar-refractivity contribution in [3.8, 4) is 0 Å². The normalized spacial score (nSPS) is 22.7. The highest BCUT2D eigenvalue weighted by atomic mass is 16.5. The third-order valence-corrected chi connectivity index (χ3v) is 3.61. The quantitative estimate of drug-likeness (QED) is 0.748. The number of aliphatic hydroxyl groups excluding tert-OH is 1. The fourth-order valence-electron chi connectivity index (χ4n) is 2.50. The van der Waals surface area contributed by atoms with Crippen molar-refractivity contribution in [2.45, 2.75) is 26.0 Å². The summed E-state index contributed by atoms with van der Waals surface area (Å²) in [7, 11) is 0. The molecule has 2 unspecified atom stereocenters. The van der Waals surface area contributed by atoms with Gasteiger partial charge in [-0.25, -0.2) is 0 Å². The van der Waals surface area contributed by atoms with Crippen LogP contribution < -0.4 is 10.2 Å². The Morgan fingerprint density at radius 3 is 3.14 bits per heavy atom. The van der Waals surface area contributed by atoms with Gasteiger partial charge in [-0.3, -0.25) is 5.10 Å². The maximum absolute atomic E-state index is 9.34. The van der Waals surface area contributed by atoms with E-state index in [1.165, 1.54) is 0 Å². The van der Waals surface area contributed by atoms with Gasteiger partial charge in [0.1, 0.15) is 5.82 Å². The number of anilines is 2. The summed E-state index contributed by atoms with van der Waals surface area (Å²) in [6, 6.07) is 0.176. The summed E-state index contributed by atoms with van der Waals surface area (Å²) in [5, 5.41) is 20.3. The molecule has 1 aliphatic rings. The summed E-state index contributed by atoms with van der Waals surface area (Å²) >= 11 is 0. The van der Waals surface area contributed by atoms with Crippen molar-refractivity contribution in [1.29, 1.82) is 0 Å². The molecule has 0 bridgehead atoms. The molecule has 0 spiro atoms. The SMILES string of the molecule is CCNc1nc(N2CC(CO)OCC2C)c2cn[nH]c2n1. The molecule has 3 rings (SSSR count). The van der Waals surface area contributed by atoms with E-state index >= 15 is 0 Å². The van der Waals surface area contributed by atoms with Crippen molar-refractivity contribution in [3.63, 3.8) is 0 Å². The standard InChI is InChI=1S/C13H20N6O2/c1-3-14-13-16-11-10(4-15-18-11)12(17-13)19-5-9(6-20)21-7-8(19)2/h4,8-9,20H,3,5-7H2,1-2H3,(H2,14,15,16,17,18). The molecule has 114 valence electrons. The number of fused-ring (bicyclic) bond motifs is 1. The highest BCUT2D eigenvalue weighted by Crippen LogP contribution is 2.27. The predicted octanol–water partition coefficient (Wildman–Crippen LogP) is 0.371. The zero-order valence-electron chi connectivity index (χ0n) is 12.2. The van der Waals surface area contributed by atoms with Crippen LogP contribution in [-0.4, -0.2) is 63.7 Å². The molecule has 0 radical (unpaired) electrons. The number of ether oxygens (including phenoxy) is 1. The van der Waals surface area contributed by atoms with E-state index < -0.39 is 0 Å². The van der Waals surface area contributed by atoms with E-state index in [1.54, 1.807) is 6.20 Å². The first-order valence-electron chi connectivity index (χ1n) is 7.17. The first-order chi connectivity index (χ1) is 10.2. The second-order valence-corrected chi connectivity index (χ2v) is 5.17. The van der Waals surface area contributed by atoms with Crippen molar-refractivity contribution in [1.82, 2.24) is 20.2 Å². The molecule has 0 aromatic carbocycles. The number of nitrogens with zero attached hydrogens (tertiary/aromatic N) is 4. The zero-order chi connectivity index (χ0) is 14.8. The molecule has 1 saturated heterocycles. The minimum Gasteiger partial charge on any atom is -0.394 e. The Kier molecular flexibility index (Phi) is 3.89. The highest BCUT2D eigenvalue weighted by Gasteiger charge is 2.28. The number of hydrogen-bond acceptors (Lipinski definition) is 7. The van der Waals surface area contributed by atoms with E-state index in [1.807, 2.05) is 6.92 Å². The summed E-state index contributed by atoms with van der Waals surface area (Å²) in [5.74, 6) is 1.39. The molecular weight excluding hydrogens is 272 g/mol. The summed E-state index contributed by atoms with van der Waals surface area (Å²) in [5.41, 5.74) is 0.704. The molecule has 2 atom stereocenters. The summed E-state index contributed by atoms with van der Waals surface area (Å²) in [6.45, 7) is 5.99. The predicted molar refractivity (Wildman–Crippen MR) is 79.5 cm³/mol. The lowest BCUT2D eigenvalue weighted by molar-refractivity contribution is -0.0104. The minimum atomic E-state index is -0.194. The largest absolute Gasteiger partial charge is 0.394 e. The summed E-state index contributed by atoms with van der Waals surface area (Å²) in [4.78, 5) is 11.2. The van der Waals surface area contributed by atoms with Gasteiger partial charge >= 0.3 is 0 Å². The van der Waals surface area contributed by atoms with E-state index in [0.717, 1.165) is 17.7 Å². The molecule has 8 nitrogen and oxygen atoms in total. The Bertz CT molecular complexity index is 616. The average molecular weight is 292 g/mol. The smallest absolute Gasteiger partial charge is 0.226 e. The van der Waals surface area contributed by atoms with Gasteiger partial charge in [-0.15, -0.1) is 0 Å². The second kappa shape index (κ2) is 5.82. The van der Waals surface area contributed by atoms with E-state index in [2.05, 4.69) is 37.3 Å². The van der Waals surface area contributed by atoms with Gasteiger partial charge in [0, 0.05) is 13.1 Å². The molecule has 1 aliphatic heterocycles. The van der Waals surface area contributed by atoms with E-state index in [0.29, 0.717) is 24.7 Å². The monoisotopic (exact) mass is 292 g/mol.